The molecule has 76 valence electrons. The zero-order valence-electron chi connectivity index (χ0n) is 7.83. The molecule has 2 fully saturated rings. The smallest absolute Gasteiger partial charge is 0.153 e. The fourth-order valence-electron chi connectivity index (χ4n) is 1.73. The van der Waals surface area contributed by atoms with E-state index < -0.39 is 0 Å². The van der Waals surface area contributed by atoms with E-state index >= 15 is 0 Å². The molecule has 0 radical (unpaired) electrons. The molecule has 1 aromatic rings. The standard InChI is InChI=1S/C8H14N6/c9-6-3-5(11-12-6)8-10-7(13-14-8)4-1-2-4/h4-6,11-12H,1-3,9H2,(H,10,13,14). The first-order chi connectivity index (χ1) is 6.83. The van der Waals surface area contributed by atoms with Crippen LogP contribution in [0.5, 0.6) is 0 Å². The van der Waals surface area contributed by atoms with Gasteiger partial charge in [0.05, 0.1) is 12.2 Å². The summed E-state index contributed by atoms with van der Waals surface area (Å²) in [6.45, 7) is 0. The maximum absolute atomic E-state index is 5.71. The third kappa shape index (κ3) is 1.41. The van der Waals surface area contributed by atoms with E-state index in [9.17, 15) is 0 Å². The summed E-state index contributed by atoms with van der Waals surface area (Å²) >= 11 is 0. The van der Waals surface area contributed by atoms with Crippen LogP contribution in [0.25, 0.3) is 0 Å². The number of hydrazine groups is 1. The van der Waals surface area contributed by atoms with Gasteiger partial charge in [-0.2, -0.15) is 5.10 Å². The summed E-state index contributed by atoms with van der Waals surface area (Å²) in [5.41, 5.74) is 11.8. The van der Waals surface area contributed by atoms with Crippen molar-refractivity contribution in [3.63, 3.8) is 0 Å². The van der Waals surface area contributed by atoms with Crippen LogP contribution >= 0.6 is 0 Å². The molecule has 0 spiro atoms. The molecule has 1 aromatic heterocycles. The van der Waals surface area contributed by atoms with Crippen molar-refractivity contribution in [1.82, 2.24) is 26.0 Å². The minimum Gasteiger partial charge on any atom is -0.315 e. The lowest BCUT2D eigenvalue weighted by Gasteiger charge is -2.02. The Kier molecular flexibility index (Phi) is 1.79. The van der Waals surface area contributed by atoms with E-state index in [0.717, 1.165) is 18.1 Å². The number of H-pyrrole nitrogens is 1. The van der Waals surface area contributed by atoms with E-state index in [2.05, 4.69) is 26.0 Å². The van der Waals surface area contributed by atoms with Crippen molar-refractivity contribution in [2.45, 2.75) is 37.4 Å². The molecule has 6 heteroatoms. The van der Waals surface area contributed by atoms with Gasteiger partial charge in [-0.25, -0.2) is 15.8 Å². The normalized spacial score (nSPS) is 32.4. The van der Waals surface area contributed by atoms with E-state index in [4.69, 9.17) is 5.73 Å². The molecule has 3 rings (SSSR count). The lowest BCUT2D eigenvalue weighted by Crippen LogP contribution is -2.36. The van der Waals surface area contributed by atoms with E-state index in [0.29, 0.717) is 5.92 Å². The van der Waals surface area contributed by atoms with Crippen LogP contribution in [0, 0.1) is 0 Å². The van der Waals surface area contributed by atoms with Gasteiger partial charge in [-0.1, -0.05) is 0 Å². The first kappa shape index (κ1) is 8.34. The molecule has 0 aromatic carbocycles. The monoisotopic (exact) mass is 194 g/mol. The lowest BCUT2D eigenvalue weighted by molar-refractivity contribution is 0.539. The van der Waals surface area contributed by atoms with Crippen molar-refractivity contribution in [2.24, 2.45) is 5.73 Å². The van der Waals surface area contributed by atoms with Crippen molar-refractivity contribution < 1.29 is 0 Å². The zero-order valence-corrected chi connectivity index (χ0v) is 7.83. The Labute approximate surface area is 81.6 Å². The Morgan fingerprint density at radius 3 is 2.79 bits per heavy atom. The average molecular weight is 194 g/mol. The Bertz CT molecular complexity index is 330. The average Bonchev–Trinajstić information content (AvgIpc) is 2.76. The van der Waals surface area contributed by atoms with Gasteiger partial charge in [0.2, 0.25) is 0 Å². The van der Waals surface area contributed by atoms with Crippen LogP contribution in [0.1, 0.15) is 42.9 Å². The lowest BCUT2D eigenvalue weighted by atomic mass is 10.2. The summed E-state index contributed by atoms with van der Waals surface area (Å²) in [7, 11) is 0. The quantitative estimate of drug-likeness (QED) is 0.509. The van der Waals surface area contributed by atoms with Gasteiger partial charge in [0, 0.05) is 12.3 Å². The highest BCUT2D eigenvalue weighted by molar-refractivity contribution is 5.07. The Morgan fingerprint density at radius 2 is 2.14 bits per heavy atom. The van der Waals surface area contributed by atoms with Crippen LogP contribution in [0.3, 0.4) is 0 Å². The second kappa shape index (κ2) is 3.01. The number of hydrogen-bond acceptors (Lipinski definition) is 5. The summed E-state index contributed by atoms with van der Waals surface area (Å²) in [6.07, 6.45) is 3.31. The van der Waals surface area contributed by atoms with Gasteiger partial charge in [0.25, 0.3) is 0 Å². The maximum atomic E-state index is 5.71. The highest BCUT2D eigenvalue weighted by atomic mass is 15.5. The Hall–Kier alpha value is -0.980. The number of hydrogen-bond donors (Lipinski definition) is 4. The fourth-order valence-corrected chi connectivity index (χ4v) is 1.73. The molecule has 1 saturated carbocycles. The molecule has 2 unspecified atom stereocenters. The first-order valence-electron chi connectivity index (χ1n) is 5.02. The Morgan fingerprint density at radius 1 is 1.29 bits per heavy atom. The van der Waals surface area contributed by atoms with Gasteiger partial charge in [0.1, 0.15) is 5.82 Å². The number of aromatic nitrogens is 3. The summed E-state index contributed by atoms with van der Waals surface area (Å²) in [4.78, 5) is 4.46. The van der Waals surface area contributed by atoms with Crippen molar-refractivity contribution in [3.05, 3.63) is 11.6 Å². The second-order valence-electron chi connectivity index (χ2n) is 4.04. The molecule has 1 aliphatic carbocycles. The van der Waals surface area contributed by atoms with Gasteiger partial charge in [-0.15, -0.1) is 0 Å². The van der Waals surface area contributed by atoms with Gasteiger partial charge in [0.15, 0.2) is 5.82 Å². The number of rotatable bonds is 2. The zero-order chi connectivity index (χ0) is 9.54. The van der Waals surface area contributed by atoms with Crippen molar-refractivity contribution in [2.75, 3.05) is 0 Å². The molecule has 0 bridgehead atoms. The third-order valence-electron chi connectivity index (χ3n) is 2.73. The van der Waals surface area contributed by atoms with Crippen molar-refractivity contribution >= 4 is 0 Å². The van der Waals surface area contributed by atoms with Crippen LogP contribution in [0.4, 0.5) is 0 Å². The third-order valence-corrected chi connectivity index (χ3v) is 2.73. The molecule has 14 heavy (non-hydrogen) atoms. The minimum atomic E-state index is 0.00877. The number of aromatic amines is 1. The molecule has 6 nitrogen and oxygen atoms in total. The first-order valence-corrected chi connectivity index (χ1v) is 5.02. The highest BCUT2D eigenvalue weighted by Crippen LogP contribution is 2.38. The molecule has 1 saturated heterocycles. The topological polar surface area (TPSA) is 91.7 Å². The Balaban J connectivity index is 1.75. The molecule has 2 aliphatic rings. The highest BCUT2D eigenvalue weighted by Gasteiger charge is 2.30. The van der Waals surface area contributed by atoms with Crippen LogP contribution in [-0.2, 0) is 0 Å². The summed E-state index contributed by atoms with van der Waals surface area (Å²) in [5, 5.41) is 7.17. The molecule has 2 heterocycles. The van der Waals surface area contributed by atoms with Gasteiger partial charge in [-0.05, 0) is 12.8 Å². The van der Waals surface area contributed by atoms with Crippen molar-refractivity contribution in [3.8, 4) is 0 Å². The van der Waals surface area contributed by atoms with Gasteiger partial charge in [-0.3, -0.25) is 5.10 Å². The molecular formula is C8H14N6. The van der Waals surface area contributed by atoms with E-state index in [-0.39, 0.29) is 12.2 Å². The maximum Gasteiger partial charge on any atom is 0.153 e. The van der Waals surface area contributed by atoms with Crippen LogP contribution in [0.2, 0.25) is 0 Å². The SMILES string of the molecule is NC1CC(c2nc(C3CC3)n[nH]2)NN1. The number of nitrogens with zero attached hydrogens (tertiary/aromatic N) is 2. The van der Waals surface area contributed by atoms with Gasteiger partial charge >= 0.3 is 0 Å². The second-order valence-corrected chi connectivity index (χ2v) is 4.04. The van der Waals surface area contributed by atoms with Crippen LogP contribution in [-0.4, -0.2) is 21.3 Å². The molecule has 2 atom stereocenters. The summed E-state index contributed by atoms with van der Waals surface area (Å²) < 4.78 is 0. The minimum absolute atomic E-state index is 0.00877. The van der Waals surface area contributed by atoms with Crippen LogP contribution < -0.4 is 16.6 Å². The summed E-state index contributed by atoms with van der Waals surface area (Å²) in [5.74, 6) is 2.46. The summed E-state index contributed by atoms with van der Waals surface area (Å²) in [6, 6.07) is 0.171. The number of nitrogens with two attached hydrogens (primary N) is 1. The van der Waals surface area contributed by atoms with Gasteiger partial charge < -0.3 is 5.73 Å². The molecular weight excluding hydrogens is 180 g/mol. The van der Waals surface area contributed by atoms with E-state index in [1.807, 2.05) is 0 Å². The number of nitrogens with one attached hydrogen (secondary N) is 3. The van der Waals surface area contributed by atoms with Crippen LogP contribution in [0.15, 0.2) is 0 Å². The predicted molar refractivity (Wildman–Crippen MR) is 50.0 cm³/mol. The fraction of sp³-hybridized carbons (Fsp3) is 0.750. The molecule has 5 N–H and O–H groups in total. The van der Waals surface area contributed by atoms with E-state index in [1.54, 1.807) is 0 Å². The van der Waals surface area contributed by atoms with E-state index in [1.165, 1.54) is 12.8 Å². The molecule has 1 aliphatic heterocycles. The molecule has 0 amide bonds. The van der Waals surface area contributed by atoms with Crippen molar-refractivity contribution in [1.29, 1.82) is 0 Å². The predicted octanol–water partition coefficient (Wildman–Crippen LogP) is -0.494. The largest absolute Gasteiger partial charge is 0.315 e.